The number of hydrogen-bond acceptors (Lipinski definition) is 3. The molecule has 0 aliphatic carbocycles. The second-order valence-electron chi connectivity index (χ2n) is 6.36. The van der Waals surface area contributed by atoms with Crippen LogP contribution in [-0.4, -0.2) is 72.3 Å². The molecule has 24 heavy (non-hydrogen) atoms. The maximum atomic E-state index is 12.7. The van der Waals surface area contributed by atoms with E-state index in [-0.39, 0.29) is 11.8 Å². The molecular formula is C19H29N3O2. The summed E-state index contributed by atoms with van der Waals surface area (Å²) in [5.74, 6) is 0.272. The van der Waals surface area contributed by atoms with Gasteiger partial charge in [-0.25, -0.2) is 0 Å². The summed E-state index contributed by atoms with van der Waals surface area (Å²) in [6, 6.07) is 7.74. The number of aryl methyl sites for hydroxylation is 1. The minimum Gasteiger partial charge on any atom is -0.342 e. The summed E-state index contributed by atoms with van der Waals surface area (Å²) in [7, 11) is 0. The van der Waals surface area contributed by atoms with Crippen LogP contribution in [0.2, 0.25) is 0 Å². The maximum Gasteiger partial charge on any atom is 0.253 e. The van der Waals surface area contributed by atoms with Gasteiger partial charge in [-0.1, -0.05) is 17.7 Å². The molecule has 2 amide bonds. The molecule has 0 aromatic heterocycles. The number of amides is 2. The van der Waals surface area contributed by atoms with Crippen LogP contribution < -0.4 is 0 Å². The Morgan fingerprint density at radius 3 is 2.50 bits per heavy atom. The zero-order valence-corrected chi connectivity index (χ0v) is 15.1. The highest BCUT2D eigenvalue weighted by Gasteiger charge is 2.22. The Morgan fingerprint density at radius 1 is 1.08 bits per heavy atom. The van der Waals surface area contributed by atoms with E-state index in [2.05, 4.69) is 4.90 Å². The van der Waals surface area contributed by atoms with Gasteiger partial charge in [0.25, 0.3) is 5.91 Å². The average molecular weight is 331 g/mol. The van der Waals surface area contributed by atoms with Crippen molar-refractivity contribution < 1.29 is 9.59 Å². The van der Waals surface area contributed by atoms with E-state index in [0.29, 0.717) is 13.1 Å². The molecule has 0 unspecified atom stereocenters. The summed E-state index contributed by atoms with van der Waals surface area (Å²) >= 11 is 0. The van der Waals surface area contributed by atoms with Gasteiger partial charge in [0.15, 0.2) is 0 Å². The summed E-state index contributed by atoms with van der Waals surface area (Å²) in [6.45, 7) is 11.0. The fourth-order valence-corrected chi connectivity index (χ4v) is 3.16. The van der Waals surface area contributed by atoms with Gasteiger partial charge in [-0.2, -0.15) is 0 Å². The lowest BCUT2D eigenvalue weighted by Gasteiger charge is -2.25. The molecule has 1 aromatic carbocycles. The summed E-state index contributed by atoms with van der Waals surface area (Å²) in [6.07, 6.45) is 0.906. The number of likely N-dealkylation sites (N-methyl/N-ethyl adjacent to an activating group) is 1. The van der Waals surface area contributed by atoms with Gasteiger partial charge in [0.1, 0.15) is 0 Å². The molecule has 1 aliphatic rings. The van der Waals surface area contributed by atoms with E-state index in [4.69, 9.17) is 0 Å². The van der Waals surface area contributed by atoms with Crippen LogP contribution in [0.25, 0.3) is 0 Å². The fraction of sp³-hybridized carbons (Fsp3) is 0.579. The van der Waals surface area contributed by atoms with Crippen molar-refractivity contribution in [3.63, 3.8) is 0 Å². The van der Waals surface area contributed by atoms with Crippen molar-refractivity contribution in [1.29, 1.82) is 0 Å². The molecule has 0 bridgehead atoms. The Labute approximate surface area is 145 Å². The second-order valence-corrected chi connectivity index (χ2v) is 6.36. The van der Waals surface area contributed by atoms with Crippen LogP contribution in [0.15, 0.2) is 24.3 Å². The average Bonchev–Trinajstić information content (AvgIpc) is 2.81. The third-order valence-corrected chi connectivity index (χ3v) is 4.62. The Morgan fingerprint density at radius 2 is 1.83 bits per heavy atom. The largest absolute Gasteiger partial charge is 0.342 e. The monoisotopic (exact) mass is 331 g/mol. The lowest BCUT2D eigenvalue weighted by Crippen LogP contribution is -2.42. The van der Waals surface area contributed by atoms with E-state index in [1.54, 1.807) is 0 Å². The van der Waals surface area contributed by atoms with Crippen molar-refractivity contribution in [2.45, 2.75) is 27.2 Å². The standard InChI is InChI=1S/C19H29N3O2/c1-4-21(5-2)18(23)15-20-10-7-11-22(13-12-20)19(24)17-9-6-8-16(3)14-17/h6,8-9,14H,4-5,7,10-13,15H2,1-3H3. The number of rotatable bonds is 5. The molecule has 0 atom stereocenters. The quantitative estimate of drug-likeness (QED) is 0.829. The third-order valence-electron chi connectivity index (χ3n) is 4.62. The molecule has 5 nitrogen and oxygen atoms in total. The topological polar surface area (TPSA) is 43.9 Å². The van der Waals surface area contributed by atoms with Crippen molar-refractivity contribution in [2.24, 2.45) is 0 Å². The van der Waals surface area contributed by atoms with Gasteiger partial charge in [0.05, 0.1) is 6.54 Å². The summed E-state index contributed by atoms with van der Waals surface area (Å²) in [5, 5.41) is 0. The van der Waals surface area contributed by atoms with E-state index < -0.39 is 0 Å². The Hall–Kier alpha value is -1.88. The van der Waals surface area contributed by atoms with Crippen molar-refractivity contribution >= 4 is 11.8 Å². The van der Waals surface area contributed by atoms with Crippen LogP contribution >= 0.6 is 0 Å². The minimum absolute atomic E-state index is 0.0932. The first-order valence-electron chi connectivity index (χ1n) is 8.91. The van der Waals surface area contributed by atoms with E-state index >= 15 is 0 Å². The Bertz CT molecular complexity index is 569. The summed E-state index contributed by atoms with van der Waals surface area (Å²) in [5.41, 5.74) is 1.85. The predicted octanol–water partition coefficient (Wildman–Crippen LogP) is 2.01. The third kappa shape index (κ3) is 4.81. The zero-order valence-electron chi connectivity index (χ0n) is 15.1. The molecule has 0 saturated carbocycles. The number of carbonyl (C=O) groups excluding carboxylic acids is 2. The van der Waals surface area contributed by atoms with Crippen LogP contribution in [0.1, 0.15) is 36.2 Å². The molecule has 1 fully saturated rings. The van der Waals surface area contributed by atoms with E-state index in [9.17, 15) is 9.59 Å². The van der Waals surface area contributed by atoms with Crippen LogP contribution in [0, 0.1) is 6.92 Å². The molecule has 1 aliphatic heterocycles. The van der Waals surface area contributed by atoms with Gasteiger partial charge in [-0.15, -0.1) is 0 Å². The molecule has 0 N–H and O–H groups in total. The number of hydrogen-bond donors (Lipinski definition) is 0. The van der Waals surface area contributed by atoms with Crippen LogP contribution in [0.5, 0.6) is 0 Å². The lowest BCUT2D eigenvalue weighted by molar-refractivity contribution is -0.132. The molecular weight excluding hydrogens is 302 g/mol. The first kappa shape index (κ1) is 18.5. The van der Waals surface area contributed by atoms with Crippen molar-refractivity contribution in [3.8, 4) is 0 Å². The predicted molar refractivity (Wildman–Crippen MR) is 96.1 cm³/mol. The summed E-state index contributed by atoms with van der Waals surface area (Å²) < 4.78 is 0. The van der Waals surface area contributed by atoms with Crippen molar-refractivity contribution in [3.05, 3.63) is 35.4 Å². The van der Waals surface area contributed by atoms with Gasteiger partial charge in [-0.3, -0.25) is 14.5 Å². The van der Waals surface area contributed by atoms with E-state index in [1.165, 1.54) is 0 Å². The minimum atomic E-state index is 0.0932. The molecule has 1 aromatic rings. The molecule has 0 radical (unpaired) electrons. The van der Waals surface area contributed by atoms with Crippen LogP contribution in [0.4, 0.5) is 0 Å². The van der Waals surface area contributed by atoms with E-state index in [0.717, 1.165) is 50.3 Å². The second kappa shape index (κ2) is 8.83. The van der Waals surface area contributed by atoms with E-state index in [1.807, 2.05) is 54.8 Å². The first-order valence-corrected chi connectivity index (χ1v) is 8.91. The first-order chi connectivity index (χ1) is 11.5. The summed E-state index contributed by atoms with van der Waals surface area (Å²) in [4.78, 5) is 30.9. The molecule has 132 valence electrons. The van der Waals surface area contributed by atoms with Gasteiger partial charge in [0.2, 0.25) is 5.91 Å². The van der Waals surface area contributed by atoms with Gasteiger partial charge in [0, 0.05) is 44.8 Å². The molecule has 1 heterocycles. The normalized spacial score (nSPS) is 15.9. The number of benzene rings is 1. The zero-order chi connectivity index (χ0) is 17.5. The Kier molecular flexibility index (Phi) is 6.79. The van der Waals surface area contributed by atoms with Gasteiger partial charge < -0.3 is 9.80 Å². The molecule has 0 spiro atoms. The Balaban J connectivity index is 1.92. The van der Waals surface area contributed by atoms with Crippen molar-refractivity contribution in [2.75, 3.05) is 45.8 Å². The van der Waals surface area contributed by atoms with Crippen LogP contribution in [0.3, 0.4) is 0 Å². The fourth-order valence-electron chi connectivity index (χ4n) is 3.16. The molecule has 5 heteroatoms. The van der Waals surface area contributed by atoms with Gasteiger partial charge in [-0.05, 0) is 39.3 Å². The van der Waals surface area contributed by atoms with Crippen molar-refractivity contribution in [1.82, 2.24) is 14.7 Å². The maximum absolute atomic E-state index is 12.7. The van der Waals surface area contributed by atoms with Crippen LogP contribution in [-0.2, 0) is 4.79 Å². The van der Waals surface area contributed by atoms with Gasteiger partial charge >= 0.3 is 0 Å². The SMILES string of the molecule is CCN(CC)C(=O)CN1CCCN(C(=O)c2cccc(C)c2)CC1. The highest BCUT2D eigenvalue weighted by Crippen LogP contribution is 2.11. The highest BCUT2D eigenvalue weighted by atomic mass is 16.2. The smallest absolute Gasteiger partial charge is 0.253 e. The number of nitrogens with zero attached hydrogens (tertiary/aromatic N) is 3. The lowest BCUT2D eigenvalue weighted by atomic mass is 10.1. The molecule has 1 saturated heterocycles. The molecule has 2 rings (SSSR count). The highest BCUT2D eigenvalue weighted by molar-refractivity contribution is 5.94. The number of carbonyl (C=O) groups is 2.